The van der Waals surface area contributed by atoms with Gasteiger partial charge in [0.25, 0.3) is 5.91 Å². The number of rotatable bonds is 5. The Kier molecular flexibility index (Phi) is 4.80. The minimum absolute atomic E-state index is 0.0601. The van der Waals surface area contributed by atoms with Crippen molar-refractivity contribution in [3.63, 3.8) is 0 Å². The highest BCUT2D eigenvalue weighted by molar-refractivity contribution is 7.11. The van der Waals surface area contributed by atoms with Crippen molar-refractivity contribution < 1.29 is 9.18 Å². The fraction of sp³-hybridized carbons (Fsp3) is 0.375. The van der Waals surface area contributed by atoms with Crippen LogP contribution in [0.2, 0.25) is 0 Å². The van der Waals surface area contributed by atoms with Crippen molar-refractivity contribution in [3.05, 3.63) is 52.2 Å². The first-order valence-electron chi connectivity index (χ1n) is 7.35. The molecule has 0 bridgehead atoms. The highest BCUT2D eigenvalue weighted by Crippen LogP contribution is 2.19. The molecule has 2 heterocycles. The number of likely N-dealkylation sites (tertiary alicyclic amines) is 1. The number of hydrogen-bond donors (Lipinski definition) is 1. The molecule has 1 aromatic carbocycles. The van der Waals surface area contributed by atoms with Crippen LogP contribution in [0.25, 0.3) is 0 Å². The molecular formula is C16H18FN3OS. The molecule has 1 atom stereocenters. The zero-order valence-corrected chi connectivity index (χ0v) is 13.0. The Hall–Kier alpha value is -1.79. The van der Waals surface area contributed by atoms with Gasteiger partial charge in [0, 0.05) is 25.2 Å². The van der Waals surface area contributed by atoms with Gasteiger partial charge in [-0.25, -0.2) is 4.39 Å². The molecule has 2 aromatic rings. The maximum Gasteiger partial charge on any atom is 0.263 e. The van der Waals surface area contributed by atoms with E-state index >= 15 is 0 Å². The Morgan fingerprint density at radius 2 is 2.32 bits per heavy atom. The molecular weight excluding hydrogens is 301 g/mol. The molecule has 1 saturated heterocycles. The topological polar surface area (TPSA) is 45.2 Å². The van der Waals surface area contributed by atoms with E-state index in [-0.39, 0.29) is 11.7 Å². The summed E-state index contributed by atoms with van der Waals surface area (Å²) >= 11 is 1.34. The lowest BCUT2D eigenvalue weighted by molar-refractivity contribution is 0.0951. The van der Waals surface area contributed by atoms with Crippen molar-refractivity contribution in [3.8, 4) is 0 Å². The Labute approximate surface area is 133 Å². The van der Waals surface area contributed by atoms with E-state index in [9.17, 15) is 9.18 Å². The van der Waals surface area contributed by atoms with E-state index in [0.29, 0.717) is 23.9 Å². The molecule has 116 valence electrons. The standard InChI is InChI=1S/C16H18FN3OS/c17-14-4-2-1-3-13(14)10-20-6-5-12(9-20)7-19-16(21)15-8-18-11-22-15/h1-4,8,11-12H,5-7,9-10H2,(H,19,21). The molecule has 3 rings (SSSR count). The number of nitrogens with one attached hydrogen (secondary N) is 1. The third-order valence-electron chi connectivity index (χ3n) is 3.93. The number of thiazole rings is 1. The van der Waals surface area contributed by atoms with E-state index in [1.165, 1.54) is 17.4 Å². The lowest BCUT2D eigenvalue weighted by Gasteiger charge is -2.16. The lowest BCUT2D eigenvalue weighted by Crippen LogP contribution is -2.30. The number of halogens is 1. The van der Waals surface area contributed by atoms with Crippen LogP contribution in [-0.4, -0.2) is 35.4 Å². The first-order valence-corrected chi connectivity index (χ1v) is 8.23. The normalized spacial score (nSPS) is 18.5. The van der Waals surface area contributed by atoms with Gasteiger partial charge >= 0.3 is 0 Å². The summed E-state index contributed by atoms with van der Waals surface area (Å²) in [5, 5.41) is 2.95. The van der Waals surface area contributed by atoms with Gasteiger partial charge in [-0.1, -0.05) is 18.2 Å². The highest BCUT2D eigenvalue weighted by atomic mass is 32.1. The molecule has 1 aliphatic heterocycles. The van der Waals surface area contributed by atoms with Crippen molar-refractivity contribution in [1.82, 2.24) is 15.2 Å². The molecule has 1 unspecified atom stereocenters. The van der Waals surface area contributed by atoms with E-state index in [2.05, 4.69) is 15.2 Å². The van der Waals surface area contributed by atoms with Crippen LogP contribution < -0.4 is 5.32 Å². The largest absolute Gasteiger partial charge is 0.351 e. The molecule has 1 aromatic heterocycles. The molecule has 1 aliphatic rings. The van der Waals surface area contributed by atoms with E-state index in [1.54, 1.807) is 17.8 Å². The van der Waals surface area contributed by atoms with Crippen LogP contribution in [-0.2, 0) is 6.54 Å². The van der Waals surface area contributed by atoms with Gasteiger partial charge in [-0.3, -0.25) is 14.7 Å². The maximum absolute atomic E-state index is 13.7. The number of benzene rings is 1. The molecule has 0 aliphatic carbocycles. The van der Waals surface area contributed by atoms with Crippen LogP contribution in [0.5, 0.6) is 0 Å². The molecule has 0 spiro atoms. The summed E-state index contributed by atoms with van der Waals surface area (Å²) in [6.07, 6.45) is 2.61. The molecule has 6 heteroatoms. The lowest BCUT2D eigenvalue weighted by atomic mass is 10.1. The van der Waals surface area contributed by atoms with Crippen molar-refractivity contribution >= 4 is 17.2 Å². The monoisotopic (exact) mass is 319 g/mol. The van der Waals surface area contributed by atoms with Gasteiger partial charge in [-0.05, 0) is 24.9 Å². The summed E-state index contributed by atoms with van der Waals surface area (Å²) in [5.74, 6) is 0.211. The number of amides is 1. The molecule has 1 N–H and O–H groups in total. The van der Waals surface area contributed by atoms with Crippen molar-refractivity contribution in [2.45, 2.75) is 13.0 Å². The molecule has 4 nitrogen and oxygen atoms in total. The Morgan fingerprint density at radius 3 is 3.09 bits per heavy atom. The number of carbonyl (C=O) groups excluding carboxylic acids is 1. The Bertz CT molecular complexity index is 632. The van der Waals surface area contributed by atoms with Gasteiger partial charge in [0.05, 0.1) is 11.7 Å². The zero-order valence-electron chi connectivity index (χ0n) is 12.2. The van der Waals surface area contributed by atoms with Gasteiger partial charge in [0.2, 0.25) is 0 Å². The molecule has 22 heavy (non-hydrogen) atoms. The summed E-state index contributed by atoms with van der Waals surface area (Å²) < 4.78 is 13.7. The quantitative estimate of drug-likeness (QED) is 0.921. The van der Waals surface area contributed by atoms with Crippen molar-refractivity contribution in [2.24, 2.45) is 5.92 Å². The van der Waals surface area contributed by atoms with E-state index in [4.69, 9.17) is 0 Å². The first kappa shape index (κ1) is 15.1. The molecule has 0 radical (unpaired) electrons. The third kappa shape index (κ3) is 3.69. The maximum atomic E-state index is 13.7. The predicted molar refractivity (Wildman–Crippen MR) is 84.2 cm³/mol. The van der Waals surface area contributed by atoms with Crippen LogP contribution in [0.1, 0.15) is 21.7 Å². The minimum Gasteiger partial charge on any atom is -0.351 e. The van der Waals surface area contributed by atoms with Gasteiger partial charge in [0.1, 0.15) is 10.7 Å². The second-order valence-electron chi connectivity index (χ2n) is 5.56. The number of nitrogens with zero attached hydrogens (tertiary/aromatic N) is 2. The molecule has 1 fully saturated rings. The van der Waals surface area contributed by atoms with E-state index < -0.39 is 0 Å². The Morgan fingerprint density at radius 1 is 1.45 bits per heavy atom. The number of carbonyl (C=O) groups is 1. The van der Waals surface area contributed by atoms with Crippen LogP contribution in [0.15, 0.2) is 36.0 Å². The zero-order chi connectivity index (χ0) is 15.4. The summed E-state index contributed by atoms with van der Waals surface area (Å²) in [4.78, 5) is 18.7. The average Bonchev–Trinajstić information content (AvgIpc) is 3.19. The predicted octanol–water partition coefficient (Wildman–Crippen LogP) is 2.53. The smallest absolute Gasteiger partial charge is 0.263 e. The first-order chi connectivity index (χ1) is 10.7. The Balaban J connectivity index is 1.46. The van der Waals surface area contributed by atoms with E-state index in [0.717, 1.165) is 25.1 Å². The second kappa shape index (κ2) is 6.98. The summed E-state index contributed by atoms with van der Waals surface area (Å²) in [6.45, 7) is 3.11. The van der Waals surface area contributed by atoms with Crippen LogP contribution in [0, 0.1) is 11.7 Å². The van der Waals surface area contributed by atoms with Crippen LogP contribution in [0.4, 0.5) is 4.39 Å². The van der Waals surface area contributed by atoms with Crippen LogP contribution >= 0.6 is 11.3 Å². The molecule has 1 amide bonds. The average molecular weight is 319 g/mol. The van der Waals surface area contributed by atoms with Crippen molar-refractivity contribution in [1.29, 1.82) is 0 Å². The highest BCUT2D eigenvalue weighted by Gasteiger charge is 2.23. The SMILES string of the molecule is O=C(NCC1CCN(Cc2ccccc2F)C1)c1cncs1. The fourth-order valence-corrected chi connectivity index (χ4v) is 3.28. The number of hydrogen-bond acceptors (Lipinski definition) is 4. The number of aromatic nitrogens is 1. The van der Waals surface area contributed by atoms with Gasteiger partial charge in [-0.15, -0.1) is 11.3 Å². The summed E-state index contributed by atoms with van der Waals surface area (Å²) in [5.41, 5.74) is 2.39. The second-order valence-corrected chi connectivity index (χ2v) is 6.44. The minimum atomic E-state index is -0.149. The van der Waals surface area contributed by atoms with Gasteiger partial charge < -0.3 is 5.32 Å². The van der Waals surface area contributed by atoms with Crippen LogP contribution in [0.3, 0.4) is 0 Å². The van der Waals surface area contributed by atoms with E-state index in [1.807, 2.05) is 12.1 Å². The van der Waals surface area contributed by atoms with Gasteiger partial charge in [0.15, 0.2) is 0 Å². The third-order valence-corrected chi connectivity index (χ3v) is 4.70. The fourth-order valence-electron chi connectivity index (χ4n) is 2.74. The summed E-state index contributed by atoms with van der Waals surface area (Å²) in [6, 6.07) is 6.90. The molecule has 0 saturated carbocycles. The van der Waals surface area contributed by atoms with Crippen molar-refractivity contribution in [2.75, 3.05) is 19.6 Å². The van der Waals surface area contributed by atoms with Gasteiger partial charge in [-0.2, -0.15) is 0 Å². The summed E-state index contributed by atoms with van der Waals surface area (Å²) in [7, 11) is 0.